The highest BCUT2D eigenvalue weighted by Gasteiger charge is 2.24. The zero-order valence-corrected chi connectivity index (χ0v) is 43.4. The van der Waals surface area contributed by atoms with Crippen LogP contribution in [0, 0.1) is 0 Å². The van der Waals surface area contributed by atoms with E-state index < -0.39 is 0 Å². The molecule has 0 saturated heterocycles. The maximum absolute atomic E-state index is 2.47. The lowest BCUT2D eigenvalue weighted by molar-refractivity contribution is 0.443. The molecule has 10 aromatic rings. The highest BCUT2D eigenvalue weighted by Crippen LogP contribution is 2.48. The highest BCUT2D eigenvalue weighted by molar-refractivity contribution is 6.39. The van der Waals surface area contributed by atoms with Gasteiger partial charge in [-0.1, -0.05) is 189 Å². The first-order valence-electron chi connectivity index (χ1n) is 27.2. The summed E-state index contributed by atoms with van der Waals surface area (Å²) in [5, 5.41) is 12.9. The lowest BCUT2D eigenvalue weighted by Crippen LogP contribution is -2.13. The van der Waals surface area contributed by atoms with Gasteiger partial charge < -0.3 is 9.80 Å². The van der Waals surface area contributed by atoms with E-state index in [1.54, 1.807) is 0 Å². The van der Waals surface area contributed by atoms with Gasteiger partial charge in [0.05, 0.1) is 0 Å². The van der Waals surface area contributed by atoms with Crippen molar-refractivity contribution in [3.05, 3.63) is 204 Å². The van der Waals surface area contributed by atoms with Gasteiger partial charge in [-0.05, 0) is 197 Å². The third-order valence-corrected chi connectivity index (χ3v) is 16.7. The van der Waals surface area contributed by atoms with Gasteiger partial charge in [0.2, 0.25) is 0 Å². The smallest absolute Gasteiger partial charge is 0.0468 e. The zero-order valence-electron chi connectivity index (χ0n) is 43.4. The van der Waals surface area contributed by atoms with E-state index in [4.69, 9.17) is 0 Å². The van der Waals surface area contributed by atoms with Crippen LogP contribution in [0.1, 0.15) is 140 Å². The van der Waals surface area contributed by atoms with Gasteiger partial charge in [-0.3, -0.25) is 0 Å². The van der Waals surface area contributed by atoms with Crippen molar-refractivity contribution in [1.29, 1.82) is 0 Å². The summed E-state index contributed by atoms with van der Waals surface area (Å²) in [5.41, 5.74) is 12.8. The van der Waals surface area contributed by atoms with Crippen LogP contribution >= 0.6 is 0 Å². The topological polar surface area (TPSA) is 6.48 Å². The molecule has 10 aromatic carbocycles. The first kappa shape index (κ1) is 46.2. The number of fused-ring (bicyclic) bond motifs is 11. The van der Waals surface area contributed by atoms with E-state index in [-0.39, 0.29) is 10.8 Å². The molecule has 72 heavy (non-hydrogen) atoms. The molecular weight excluding hydrogens is 869 g/mol. The van der Waals surface area contributed by atoms with Crippen LogP contribution in [-0.4, -0.2) is 0 Å². The molecule has 0 unspecified atom stereocenters. The van der Waals surface area contributed by atoms with Crippen LogP contribution < -0.4 is 9.80 Å². The van der Waals surface area contributed by atoms with Crippen LogP contribution in [0.4, 0.5) is 34.1 Å². The molecular formula is C70H70N2. The van der Waals surface area contributed by atoms with Gasteiger partial charge in [0.15, 0.2) is 0 Å². The fraction of sp³-hybridized carbons (Fsp3) is 0.286. The maximum atomic E-state index is 2.47. The predicted molar refractivity (Wildman–Crippen MR) is 312 cm³/mol. The van der Waals surface area contributed by atoms with E-state index in [1.807, 2.05) is 0 Å². The fourth-order valence-corrected chi connectivity index (χ4v) is 12.7. The van der Waals surface area contributed by atoms with Crippen molar-refractivity contribution in [3.8, 4) is 0 Å². The molecule has 2 saturated carbocycles. The molecule has 0 amide bonds. The lowest BCUT2D eigenvalue weighted by atomic mass is 9.84. The molecule has 0 aromatic heterocycles. The van der Waals surface area contributed by atoms with Crippen LogP contribution in [0.3, 0.4) is 0 Å². The third kappa shape index (κ3) is 8.51. The number of benzene rings is 10. The summed E-state index contributed by atoms with van der Waals surface area (Å²) in [6.07, 6.45) is 13.3. The molecule has 0 N–H and O–H groups in total. The van der Waals surface area contributed by atoms with Crippen molar-refractivity contribution in [3.63, 3.8) is 0 Å². The van der Waals surface area contributed by atoms with Gasteiger partial charge in [-0.25, -0.2) is 0 Å². The first-order valence-corrected chi connectivity index (χ1v) is 27.2. The summed E-state index contributed by atoms with van der Waals surface area (Å²) in [4.78, 5) is 4.95. The minimum absolute atomic E-state index is 0.0699. The van der Waals surface area contributed by atoms with Gasteiger partial charge in [-0.15, -0.1) is 0 Å². The lowest BCUT2D eigenvalue weighted by Gasteiger charge is -2.29. The Hall–Kier alpha value is -6.90. The normalized spacial score (nSPS) is 15.2. The number of rotatable bonds is 8. The Morgan fingerprint density at radius 1 is 0.292 bits per heavy atom. The molecule has 2 nitrogen and oxygen atoms in total. The SMILES string of the molecule is CC(C)(C)c1ccc(N(c2ccc(C3CCCCC3)cc2)c2ccc3c(c2)c2ccccc2c2c4ccc(N(c5ccc(C6CCCCC6)cc5)c5ccc(C(C)(C)C)cc5)cc4c4ccccc4c32)cc1. The second-order valence-electron chi connectivity index (χ2n) is 23.4. The van der Waals surface area contributed by atoms with Gasteiger partial charge in [-0.2, -0.15) is 0 Å². The number of nitrogens with zero attached hydrogens (tertiary/aromatic N) is 2. The molecule has 0 spiro atoms. The summed E-state index contributed by atoms with van der Waals surface area (Å²) in [6, 6.07) is 70.5. The zero-order chi connectivity index (χ0) is 49.1. The molecule has 2 aliphatic carbocycles. The predicted octanol–water partition coefficient (Wildman–Crippen LogP) is 21.1. The van der Waals surface area contributed by atoms with Crippen LogP contribution in [-0.2, 0) is 10.8 Å². The number of hydrogen-bond donors (Lipinski definition) is 0. The molecule has 0 heterocycles. The maximum Gasteiger partial charge on any atom is 0.0468 e. The molecule has 0 radical (unpaired) electrons. The summed E-state index contributed by atoms with van der Waals surface area (Å²) in [5.74, 6) is 1.33. The van der Waals surface area contributed by atoms with Crippen molar-refractivity contribution >= 4 is 88.0 Å². The van der Waals surface area contributed by atoms with Gasteiger partial charge >= 0.3 is 0 Å². The van der Waals surface area contributed by atoms with Crippen molar-refractivity contribution in [1.82, 2.24) is 0 Å². The Labute approximate surface area is 428 Å². The van der Waals surface area contributed by atoms with Crippen LogP contribution in [0.5, 0.6) is 0 Å². The van der Waals surface area contributed by atoms with Crippen molar-refractivity contribution in [2.45, 2.75) is 128 Å². The Bertz CT molecular complexity index is 3330. The average molecular weight is 939 g/mol. The molecule has 2 aliphatic rings. The fourth-order valence-electron chi connectivity index (χ4n) is 12.7. The van der Waals surface area contributed by atoms with E-state index >= 15 is 0 Å². The minimum atomic E-state index is 0.0699. The molecule has 2 heteroatoms. The van der Waals surface area contributed by atoms with Crippen molar-refractivity contribution in [2.24, 2.45) is 0 Å². The number of anilines is 6. The Morgan fingerprint density at radius 2 is 0.583 bits per heavy atom. The summed E-state index contributed by atoms with van der Waals surface area (Å²) >= 11 is 0. The first-order chi connectivity index (χ1) is 35.0. The second-order valence-corrected chi connectivity index (χ2v) is 23.4. The largest absolute Gasteiger partial charge is 0.310 e. The average Bonchev–Trinajstić information content (AvgIpc) is 3.41. The van der Waals surface area contributed by atoms with E-state index in [0.717, 1.165) is 11.4 Å². The second kappa shape index (κ2) is 18.6. The van der Waals surface area contributed by atoms with Gasteiger partial charge in [0.1, 0.15) is 0 Å². The summed E-state index contributed by atoms with van der Waals surface area (Å²) in [6.45, 7) is 13.8. The molecule has 2 fully saturated rings. The molecule has 360 valence electrons. The highest BCUT2D eigenvalue weighted by atomic mass is 15.1. The number of hydrogen-bond acceptors (Lipinski definition) is 2. The van der Waals surface area contributed by atoms with Crippen molar-refractivity contribution in [2.75, 3.05) is 9.80 Å². The molecule has 12 rings (SSSR count). The van der Waals surface area contributed by atoms with Crippen LogP contribution in [0.15, 0.2) is 182 Å². The van der Waals surface area contributed by atoms with Gasteiger partial charge in [0.25, 0.3) is 0 Å². The molecule has 0 aliphatic heterocycles. The van der Waals surface area contributed by atoms with Gasteiger partial charge in [0, 0.05) is 34.1 Å². The van der Waals surface area contributed by atoms with E-state index in [1.165, 1.54) is 163 Å². The summed E-state index contributed by atoms with van der Waals surface area (Å²) in [7, 11) is 0. The quantitative estimate of drug-likeness (QED) is 0.140. The Kier molecular flexibility index (Phi) is 11.9. The third-order valence-electron chi connectivity index (χ3n) is 16.7. The van der Waals surface area contributed by atoms with Crippen LogP contribution in [0.2, 0.25) is 0 Å². The Balaban J connectivity index is 1.04. The Morgan fingerprint density at radius 3 is 0.917 bits per heavy atom. The monoisotopic (exact) mass is 939 g/mol. The standard InChI is InChI=1S/C70H70N2/c1-69(2,3)51-29-37-55(38-30-51)71(53-33-25-49(26-34-53)47-17-9-7-10-18-47)57-41-43-63-65(45-57)59-21-13-15-23-61(59)68-64-44-42-58(46-66(64)60-22-14-16-24-62(60)67(63)68)72(56-39-31-52(32-40-56)70(4,5)6)54-35-27-50(28-36-54)48-19-11-8-12-20-48/h13-16,21-48H,7-12,17-20H2,1-6H3. The van der Waals surface area contributed by atoms with E-state index in [2.05, 4.69) is 233 Å². The molecule has 0 bridgehead atoms. The van der Waals surface area contributed by atoms with Crippen molar-refractivity contribution < 1.29 is 0 Å². The van der Waals surface area contributed by atoms with E-state index in [0.29, 0.717) is 11.8 Å². The minimum Gasteiger partial charge on any atom is -0.310 e. The van der Waals surface area contributed by atoms with E-state index in [9.17, 15) is 0 Å². The van der Waals surface area contributed by atoms with Crippen LogP contribution in [0.25, 0.3) is 53.9 Å². The summed E-state index contributed by atoms with van der Waals surface area (Å²) < 4.78 is 0. The molecule has 0 atom stereocenters.